The number of hydrogen-bond donors (Lipinski definition) is 2. The molecule has 1 aromatic heterocycles. The number of anilines is 1. The molecule has 19 heavy (non-hydrogen) atoms. The summed E-state index contributed by atoms with van der Waals surface area (Å²) in [6, 6.07) is 2.68. The summed E-state index contributed by atoms with van der Waals surface area (Å²) >= 11 is 5.63. The number of alkyl halides is 3. The van der Waals surface area contributed by atoms with Crippen LogP contribution in [0.4, 0.5) is 19.0 Å². The van der Waals surface area contributed by atoms with Gasteiger partial charge in [0.1, 0.15) is 11.0 Å². The van der Waals surface area contributed by atoms with Crippen LogP contribution in [0.1, 0.15) is 29.6 Å². The Hall–Kier alpha value is -1.50. The van der Waals surface area contributed by atoms with Gasteiger partial charge in [-0.2, -0.15) is 13.2 Å². The molecule has 106 valence electrons. The van der Waals surface area contributed by atoms with E-state index in [4.69, 9.17) is 17.3 Å². The molecule has 0 saturated heterocycles. The summed E-state index contributed by atoms with van der Waals surface area (Å²) in [6.07, 6.45) is -4.78. The lowest BCUT2D eigenvalue weighted by Crippen LogP contribution is -2.25. The Labute approximate surface area is 113 Å². The van der Waals surface area contributed by atoms with Crippen molar-refractivity contribution in [3.8, 4) is 0 Å². The lowest BCUT2D eigenvalue weighted by atomic mass is 10.2. The first kappa shape index (κ1) is 15.6. The van der Waals surface area contributed by atoms with Crippen LogP contribution >= 0.6 is 11.6 Å². The number of nitrogen functional groups attached to an aromatic ring is 1. The molecular formula is C11H13ClF3N3O. The summed E-state index contributed by atoms with van der Waals surface area (Å²) in [7, 11) is 0. The van der Waals surface area contributed by atoms with E-state index in [1.165, 1.54) is 12.1 Å². The monoisotopic (exact) mass is 295 g/mol. The van der Waals surface area contributed by atoms with Gasteiger partial charge in [0.25, 0.3) is 5.91 Å². The molecule has 0 saturated carbocycles. The van der Waals surface area contributed by atoms with Gasteiger partial charge in [-0.15, -0.1) is 0 Å². The van der Waals surface area contributed by atoms with Crippen LogP contribution in [0.5, 0.6) is 0 Å². The van der Waals surface area contributed by atoms with Crippen molar-refractivity contribution >= 4 is 23.3 Å². The molecule has 0 atom stereocenters. The quantitative estimate of drug-likeness (QED) is 0.648. The van der Waals surface area contributed by atoms with Gasteiger partial charge < -0.3 is 11.1 Å². The summed E-state index contributed by atoms with van der Waals surface area (Å²) in [5.41, 5.74) is 5.65. The van der Waals surface area contributed by atoms with Gasteiger partial charge in [0.05, 0.1) is 0 Å². The fourth-order valence-electron chi connectivity index (χ4n) is 1.40. The van der Waals surface area contributed by atoms with Crippen molar-refractivity contribution in [2.24, 2.45) is 0 Å². The summed E-state index contributed by atoms with van der Waals surface area (Å²) < 4.78 is 35.6. The first-order chi connectivity index (χ1) is 8.78. The average Bonchev–Trinajstić information content (AvgIpc) is 2.25. The van der Waals surface area contributed by atoms with Gasteiger partial charge in [-0.3, -0.25) is 4.79 Å². The van der Waals surface area contributed by atoms with Crippen molar-refractivity contribution in [3.63, 3.8) is 0 Å². The smallest absolute Gasteiger partial charge is 0.384 e. The predicted octanol–water partition coefficient (Wildman–Crippen LogP) is 2.78. The molecule has 3 N–H and O–H groups in total. The van der Waals surface area contributed by atoms with Crippen LogP contribution in [0, 0.1) is 0 Å². The zero-order valence-corrected chi connectivity index (χ0v) is 10.7. The van der Waals surface area contributed by atoms with Crippen LogP contribution in [-0.2, 0) is 0 Å². The third kappa shape index (κ3) is 6.28. The summed E-state index contributed by atoms with van der Waals surface area (Å²) in [6.45, 7) is 0.161. The molecule has 0 radical (unpaired) electrons. The van der Waals surface area contributed by atoms with Crippen molar-refractivity contribution in [1.82, 2.24) is 10.3 Å². The van der Waals surface area contributed by atoms with E-state index in [-0.39, 0.29) is 35.9 Å². The molecule has 4 nitrogen and oxygen atoms in total. The van der Waals surface area contributed by atoms with Gasteiger partial charge in [0.15, 0.2) is 0 Å². The normalized spacial score (nSPS) is 11.4. The van der Waals surface area contributed by atoms with E-state index in [2.05, 4.69) is 10.3 Å². The Bertz CT molecular complexity index is 431. The molecule has 0 aliphatic rings. The second-order valence-electron chi connectivity index (χ2n) is 3.93. The van der Waals surface area contributed by atoms with E-state index >= 15 is 0 Å². The number of amides is 1. The number of unbranched alkanes of at least 4 members (excludes halogenated alkanes) is 1. The number of nitrogens with one attached hydrogen (secondary N) is 1. The number of halogens is 4. The maximum atomic E-state index is 11.9. The van der Waals surface area contributed by atoms with Gasteiger partial charge >= 0.3 is 6.18 Å². The Balaban J connectivity index is 2.35. The molecule has 0 unspecified atom stereocenters. The van der Waals surface area contributed by atoms with Crippen molar-refractivity contribution in [2.75, 3.05) is 12.3 Å². The van der Waals surface area contributed by atoms with Crippen molar-refractivity contribution in [3.05, 3.63) is 22.8 Å². The molecule has 1 aromatic rings. The van der Waals surface area contributed by atoms with Crippen LogP contribution in [0.2, 0.25) is 5.15 Å². The minimum absolute atomic E-state index is 0.0248. The minimum atomic E-state index is -4.16. The minimum Gasteiger partial charge on any atom is -0.384 e. The molecular weight excluding hydrogens is 283 g/mol. The van der Waals surface area contributed by atoms with Gasteiger partial charge in [-0.25, -0.2) is 4.98 Å². The average molecular weight is 296 g/mol. The lowest BCUT2D eigenvalue weighted by Gasteiger charge is -2.07. The van der Waals surface area contributed by atoms with Gasteiger partial charge in [0.2, 0.25) is 0 Å². The Kier molecular flexibility index (Phi) is 5.41. The Morgan fingerprint density at radius 3 is 2.63 bits per heavy atom. The summed E-state index contributed by atoms with van der Waals surface area (Å²) in [4.78, 5) is 15.3. The standard InChI is InChI=1S/C11H13ClF3N3O/c12-8-5-7(6-9(16)18-8)10(19)17-4-2-1-3-11(13,14)15/h5-6H,1-4H2,(H2,16,18)(H,17,19). The molecule has 0 bridgehead atoms. The van der Waals surface area contributed by atoms with Crippen LogP contribution in [0.3, 0.4) is 0 Å². The van der Waals surface area contributed by atoms with Gasteiger partial charge in [-0.05, 0) is 25.0 Å². The molecule has 1 rings (SSSR count). The molecule has 8 heteroatoms. The van der Waals surface area contributed by atoms with E-state index < -0.39 is 18.5 Å². The van der Waals surface area contributed by atoms with Crippen molar-refractivity contribution in [2.45, 2.75) is 25.4 Å². The highest BCUT2D eigenvalue weighted by Crippen LogP contribution is 2.21. The molecule has 0 spiro atoms. The van der Waals surface area contributed by atoms with E-state index in [0.29, 0.717) is 0 Å². The molecule has 0 fully saturated rings. The maximum absolute atomic E-state index is 11.9. The zero-order chi connectivity index (χ0) is 14.5. The number of aromatic nitrogens is 1. The highest BCUT2D eigenvalue weighted by Gasteiger charge is 2.25. The van der Waals surface area contributed by atoms with Gasteiger partial charge in [0, 0.05) is 18.5 Å². The summed E-state index contributed by atoms with van der Waals surface area (Å²) in [5, 5.41) is 2.58. The van der Waals surface area contributed by atoms with Crippen molar-refractivity contribution < 1.29 is 18.0 Å². The highest BCUT2D eigenvalue weighted by atomic mass is 35.5. The second kappa shape index (κ2) is 6.60. The number of rotatable bonds is 5. The highest BCUT2D eigenvalue weighted by molar-refractivity contribution is 6.29. The number of hydrogen-bond acceptors (Lipinski definition) is 3. The molecule has 1 amide bonds. The predicted molar refractivity (Wildman–Crippen MR) is 65.9 cm³/mol. The first-order valence-electron chi connectivity index (χ1n) is 5.56. The Morgan fingerprint density at radius 2 is 2.05 bits per heavy atom. The maximum Gasteiger partial charge on any atom is 0.389 e. The van der Waals surface area contributed by atoms with Crippen LogP contribution in [0.15, 0.2) is 12.1 Å². The third-order valence-electron chi connectivity index (χ3n) is 2.25. The SMILES string of the molecule is Nc1cc(C(=O)NCCCCC(F)(F)F)cc(Cl)n1. The molecule has 0 aliphatic carbocycles. The number of carbonyl (C=O) groups is 1. The van der Waals surface area contributed by atoms with E-state index in [0.717, 1.165) is 0 Å². The number of nitrogens with two attached hydrogens (primary N) is 1. The van der Waals surface area contributed by atoms with Crippen molar-refractivity contribution in [1.29, 1.82) is 0 Å². The number of carbonyl (C=O) groups excluding carboxylic acids is 1. The number of nitrogens with zero attached hydrogens (tertiary/aromatic N) is 1. The Morgan fingerprint density at radius 1 is 1.37 bits per heavy atom. The number of pyridine rings is 1. The zero-order valence-electron chi connectivity index (χ0n) is 9.93. The summed E-state index contributed by atoms with van der Waals surface area (Å²) in [5.74, 6) is -0.335. The van der Waals surface area contributed by atoms with E-state index in [1.807, 2.05) is 0 Å². The van der Waals surface area contributed by atoms with Crippen LogP contribution in [0.25, 0.3) is 0 Å². The lowest BCUT2D eigenvalue weighted by molar-refractivity contribution is -0.135. The van der Waals surface area contributed by atoms with Gasteiger partial charge in [-0.1, -0.05) is 11.6 Å². The molecule has 0 aliphatic heterocycles. The fraction of sp³-hybridized carbons (Fsp3) is 0.455. The third-order valence-corrected chi connectivity index (χ3v) is 2.44. The topological polar surface area (TPSA) is 68.0 Å². The van der Waals surface area contributed by atoms with Crippen LogP contribution < -0.4 is 11.1 Å². The van der Waals surface area contributed by atoms with Crippen LogP contribution in [-0.4, -0.2) is 23.6 Å². The largest absolute Gasteiger partial charge is 0.389 e. The fourth-order valence-corrected chi connectivity index (χ4v) is 1.62. The molecule has 1 heterocycles. The van der Waals surface area contributed by atoms with E-state index in [9.17, 15) is 18.0 Å². The molecule has 0 aromatic carbocycles. The second-order valence-corrected chi connectivity index (χ2v) is 4.32. The van der Waals surface area contributed by atoms with E-state index in [1.54, 1.807) is 0 Å². The first-order valence-corrected chi connectivity index (χ1v) is 5.94.